The monoisotopic (exact) mass is 369 g/mol. The van der Waals surface area contributed by atoms with Gasteiger partial charge in [0.25, 0.3) is 0 Å². The molecule has 5 fully saturated rings. The molecule has 2 aliphatic heterocycles. The summed E-state index contributed by atoms with van der Waals surface area (Å²) in [5.41, 5.74) is 1.00. The van der Waals surface area contributed by atoms with Gasteiger partial charge in [0, 0.05) is 24.4 Å². The van der Waals surface area contributed by atoms with Crippen LogP contribution in [0, 0.1) is 11.8 Å². The van der Waals surface area contributed by atoms with Gasteiger partial charge in [-0.25, -0.2) is 0 Å². The third-order valence-electron chi connectivity index (χ3n) is 7.01. The highest BCUT2D eigenvalue weighted by molar-refractivity contribution is 5.97. The molecule has 0 radical (unpaired) electrons. The van der Waals surface area contributed by atoms with Gasteiger partial charge in [-0.05, 0) is 55.7 Å². The minimum Gasteiger partial charge on any atom is -0.463 e. The molecule has 3 saturated carbocycles. The van der Waals surface area contributed by atoms with E-state index in [0.29, 0.717) is 18.9 Å². The van der Waals surface area contributed by atoms with E-state index in [1.807, 2.05) is 12.1 Å². The first-order chi connectivity index (χ1) is 13.1. The lowest BCUT2D eigenvalue weighted by Gasteiger charge is -2.46. The van der Waals surface area contributed by atoms with Crippen LogP contribution >= 0.6 is 0 Å². The van der Waals surface area contributed by atoms with Crippen LogP contribution in [-0.4, -0.2) is 52.9 Å². The molecule has 142 valence electrons. The van der Waals surface area contributed by atoms with Crippen LogP contribution in [0.5, 0.6) is 0 Å². The number of esters is 1. The summed E-state index contributed by atoms with van der Waals surface area (Å²) in [6.45, 7) is 0.527. The summed E-state index contributed by atoms with van der Waals surface area (Å²) in [5.74, 6) is -0.319. The average molecular weight is 369 g/mol. The van der Waals surface area contributed by atoms with Gasteiger partial charge in [0.05, 0.1) is 5.92 Å². The van der Waals surface area contributed by atoms with Crippen molar-refractivity contribution in [2.45, 2.75) is 49.6 Å². The Hall–Kier alpha value is -2.44. The third kappa shape index (κ3) is 2.40. The molecular weight excluding hydrogens is 346 g/mol. The lowest BCUT2D eigenvalue weighted by atomic mass is 9.57. The molecule has 2 bridgehead atoms. The second-order valence-electron chi connectivity index (χ2n) is 8.25. The van der Waals surface area contributed by atoms with Crippen LogP contribution in [0.15, 0.2) is 24.5 Å². The van der Waals surface area contributed by atoms with Crippen molar-refractivity contribution in [2.24, 2.45) is 11.8 Å². The second kappa shape index (κ2) is 6.04. The molecule has 0 spiro atoms. The topological polar surface area (TPSA) is 88.6 Å². The first kappa shape index (κ1) is 16.7. The van der Waals surface area contributed by atoms with Gasteiger partial charge in [0.2, 0.25) is 11.8 Å². The molecule has 3 aliphatic carbocycles. The molecule has 5 aliphatic rings. The Labute approximate surface area is 157 Å². The number of nitrogens with one attached hydrogen (secondary N) is 1. The highest BCUT2D eigenvalue weighted by Crippen LogP contribution is 2.64. The number of fused-ring (bicyclic) bond motifs is 2. The SMILES string of the molecule is O=C(OC[C@@H]1NC(=O)[C@@H]2CCCN2C1=O)C1C2CCC1(c1ccncc1)C2. The van der Waals surface area contributed by atoms with E-state index in [0.717, 1.165) is 31.2 Å². The van der Waals surface area contributed by atoms with Gasteiger partial charge in [0.15, 0.2) is 0 Å². The summed E-state index contributed by atoms with van der Waals surface area (Å²) in [6.07, 6.45) is 8.09. The predicted molar refractivity (Wildman–Crippen MR) is 94.4 cm³/mol. The molecule has 6 rings (SSSR count). The van der Waals surface area contributed by atoms with Crippen molar-refractivity contribution in [2.75, 3.05) is 13.2 Å². The summed E-state index contributed by atoms with van der Waals surface area (Å²) in [6, 6.07) is 2.87. The van der Waals surface area contributed by atoms with Gasteiger partial charge in [-0.2, -0.15) is 0 Å². The van der Waals surface area contributed by atoms with Crippen LogP contribution in [0.1, 0.15) is 37.7 Å². The van der Waals surface area contributed by atoms with E-state index in [-0.39, 0.29) is 41.8 Å². The highest BCUT2D eigenvalue weighted by atomic mass is 16.5. The summed E-state index contributed by atoms with van der Waals surface area (Å²) in [4.78, 5) is 43.3. The normalized spacial score (nSPS) is 36.8. The molecule has 5 atom stereocenters. The van der Waals surface area contributed by atoms with Crippen LogP contribution in [0.2, 0.25) is 0 Å². The van der Waals surface area contributed by atoms with Gasteiger partial charge >= 0.3 is 5.97 Å². The largest absolute Gasteiger partial charge is 0.463 e. The lowest BCUT2D eigenvalue weighted by molar-refractivity contribution is -0.162. The van der Waals surface area contributed by atoms with Crippen LogP contribution in [-0.2, 0) is 24.5 Å². The first-order valence-electron chi connectivity index (χ1n) is 9.78. The number of carbonyl (C=O) groups is 3. The van der Waals surface area contributed by atoms with Gasteiger partial charge < -0.3 is 15.0 Å². The van der Waals surface area contributed by atoms with E-state index < -0.39 is 6.04 Å². The lowest BCUT2D eigenvalue weighted by Crippen LogP contribution is -2.62. The van der Waals surface area contributed by atoms with Crippen LogP contribution < -0.4 is 5.32 Å². The van der Waals surface area contributed by atoms with Gasteiger partial charge in [-0.1, -0.05) is 0 Å². The molecular formula is C20H23N3O4. The number of amides is 2. The van der Waals surface area contributed by atoms with Crippen molar-refractivity contribution >= 4 is 17.8 Å². The average Bonchev–Trinajstić information content (AvgIpc) is 3.39. The molecule has 7 heteroatoms. The van der Waals surface area contributed by atoms with Gasteiger partial charge in [0.1, 0.15) is 18.7 Å². The van der Waals surface area contributed by atoms with Gasteiger partial charge in [-0.15, -0.1) is 0 Å². The van der Waals surface area contributed by atoms with Crippen molar-refractivity contribution < 1.29 is 19.1 Å². The van der Waals surface area contributed by atoms with Crippen LogP contribution in [0.4, 0.5) is 0 Å². The predicted octanol–water partition coefficient (Wildman–Crippen LogP) is 0.782. The van der Waals surface area contributed by atoms with Crippen molar-refractivity contribution in [1.29, 1.82) is 0 Å². The van der Waals surface area contributed by atoms with Crippen LogP contribution in [0.3, 0.4) is 0 Å². The number of piperazine rings is 1. The molecule has 1 aromatic heterocycles. The number of hydrogen-bond acceptors (Lipinski definition) is 5. The number of pyridine rings is 1. The molecule has 27 heavy (non-hydrogen) atoms. The molecule has 3 heterocycles. The Bertz CT molecular complexity index is 794. The number of rotatable bonds is 4. The van der Waals surface area contributed by atoms with Crippen molar-refractivity contribution in [3.05, 3.63) is 30.1 Å². The van der Waals surface area contributed by atoms with Crippen LogP contribution in [0.25, 0.3) is 0 Å². The van der Waals surface area contributed by atoms with E-state index in [2.05, 4.69) is 10.3 Å². The fourth-order valence-electron chi connectivity index (χ4n) is 5.72. The Morgan fingerprint density at radius 3 is 2.89 bits per heavy atom. The van der Waals surface area contributed by atoms with E-state index in [9.17, 15) is 14.4 Å². The maximum Gasteiger partial charge on any atom is 0.310 e. The van der Waals surface area contributed by atoms with Gasteiger partial charge in [-0.3, -0.25) is 19.4 Å². The molecule has 2 saturated heterocycles. The van der Waals surface area contributed by atoms with E-state index in [4.69, 9.17) is 4.74 Å². The minimum absolute atomic E-state index is 0.0811. The van der Waals surface area contributed by atoms with Crippen molar-refractivity contribution in [1.82, 2.24) is 15.2 Å². The summed E-state index contributed by atoms with van der Waals surface area (Å²) in [7, 11) is 0. The Kier molecular flexibility index (Phi) is 3.74. The summed E-state index contributed by atoms with van der Waals surface area (Å²) in [5, 5.41) is 2.73. The quantitative estimate of drug-likeness (QED) is 0.793. The highest BCUT2D eigenvalue weighted by Gasteiger charge is 2.63. The minimum atomic E-state index is -0.759. The van der Waals surface area contributed by atoms with E-state index in [1.165, 1.54) is 0 Å². The molecule has 1 aromatic rings. The Morgan fingerprint density at radius 1 is 1.30 bits per heavy atom. The zero-order valence-corrected chi connectivity index (χ0v) is 15.1. The second-order valence-corrected chi connectivity index (χ2v) is 8.25. The molecule has 3 unspecified atom stereocenters. The first-order valence-corrected chi connectivity index (χ1v) is 9.78. The summed E-state index contributed by atoms with van der Waals surface area (Å²) >= 11 is 0. The van der Waals surface area contributed by atoms with Crippen molar-refractivity contribution in [3.8, 4) is 0 Å². The summed E-state index contributed by atoms with van der Waals surface area (Å²) < 4.78 is 5.56. The molecule has 7 nitrogen and oxygen atoms in total. The Balaban J connectivity index is 1.26. The number of ether oxygens (including phenoxy) is 1. The smallest absolute Gasteiger partial charge is 0.310 e. The van der Waals surface area contributed by atoms with E-state index in [1.54, 1.807) is 17.3 Å². The molecule has 2 amide bonds. The van der Waals surface area contributed by atoms with E-state index >= 15 is 0 Å². The maximum absolute atomic E-state index is 12.8. The van der Waals surface area contributed by atoms with Crippen molar-refractivity contribution in [3.63, 3.8) is 0 Å². The number of nitrogens with zero attached hydrogens (tertiary/aromatic N) is 2. The maximum atomic E-state index is 12.8. The molecule has 0 aromatic carbocycles. The zero-order valence-electron chi connectivity index (χ0n) is 15.1. The number of hydrogen-bond donors (Lipinski definition) is 1. The third-order valence-corrected chi connectivity index (χ3v) is 7.01. The zero-order chi connectivity index (χ0) is 18.6. The fourth-order valence-corrected chi connectivity index (χ4v) is 5.72. The number of aromatic nitrogens is 1. The standard InChI is InChI=1S/C20H23N3O4/c24-17-15-2-1-9-23(15)18(25)14(22-17)11-27-19(26)16-12-3-6-20(16,10-12)13-4-7-21-8-5-13/h4-5,7-8,12,14-16H,1-3,6,9-11H2,(H,22,24)/t12?,14-,15-,16?,20?/m0/s1. The fraction of sp³-hybridized carbons (Fsp3) is 0.600. The number of carbonyl (C=O) groups excluding carboxylic acids is 3. The molecule has 1 N–H and O–H groups in total. The Morgan fingerprint density at radius 2 is 2.11 bits per heavy atom.